The van der Waals surface area contributed by atoms with Crippen molar-refractivity contribution in [1.29, 1.82) is 0 Å². The maximum atomic E-state index is 9.85. The molecule has 1 heterocycles. The first-order chi connectivity index (χ1) is 8.74. The Bertz CT molecular complexity index is 502. The summed E-state index contributed by atoms with van der Waals surface area (Å²) < 4.78 is 1.23. The Morgan fingerprint density at radius 3 is 2.94 bits per heavy atom. The van der Waals surface area contributed by atoms with Crippen LogP contribution in [0.3, 0.4) is 0 Å². The van der Waals surface area contributed by atoms with Crippen molar-refractivity contribution in [2.24, 2.45) is 5.92 Å². The van der Waals surface area contributed by atoms with Gasteiger partial charge in [0.2, 0.25) is 0 Å². The van der Waals surface area contributed by atoms with Crippen molar-refractivity contribution in [1.82, 2.24) is 10.3 Å². The number of fused-ring (bicyclic) bond motifs is 1. The van der Waals surface area contributed by atoms with Gasteiger partial charge in [-0.15, -0.1) is 11.3 Å². The first kappa shape index (κ1) is 12.1. The van der Waals surface area contributed by atoms with E-state index in [1.165, 1.54) is 17.5 Å². The molecule has 0 aliphatic heterocycles. The summed E-state index contributed by atoms with van der Waals surface area (Å²) in [5.41, 5.74) is 1.06. The van der Waals surface area contributed by atoms with Crippen LogP contribution in [-0.4, -0.2) is 22.7 Å². The summed E-state index contributed by atoms with van der Waals surface area (Å²) in [5.74, 6) is 0.528. The van der Waals surface area contributed by atoms with Gasteiger partial charge in [0.1, 0.15) is 5.01 Å². The van der Waals surface area contributed by atoms with Gasteiger partial charge in [0.15, 0.2) is 0 Å². The Hall–Kier alpha value is -0.970. The van der Waals surface area contributed by atoms with Crippen LogP contribution in [0.5, 0.6) is 0 Å². The molecular weight excluding hydrogens is 244 g/mol. The molecule has 1 aliphatic rings. The Morgan fingerprint density at radius 1 is 1.44 bits per heavy atom. The molecule has 1 aromatic carbocycles. The second-order valence-electron chi connectivity index (χ2n) is 5.05. The largest absolute Gasteiger partial charge is 0.392 e. The number of thiazole rings is 1. The van der Waals surface area contributed by atoms with E-state index in [0.717, 1.165) is 10.5 Å². The van der Waals surface area contributed by atoms with Crippen LogP contribution in [0, 0.1) is 5.92 Å². The molecule has 2 atom stereocenters. The third-order valence-electron chi connectivity index (χ3n) is 3.48. The lowest BCUT2D eigenvalue weighted by Crippen LogP contribution is -2.30. The van der Waals surface area contributed by atoms with E-state index in [0.29, 0.717) is 12.5 Å². The van der Waals surface area contributed by atoms with Crippen LogP contribution < -0.4 is 5.32 Å². The van der Waals surface area contributed by atoms with E-state index in [1.807, 2.05) is 18.2 Å². The van der Waals surface area contributed by atoms with Crippen LogP contribution in [0.2, 0.25) is 0 Å². The predicted octanol–water partition coefficient (Wildman–Crippen LogP) is 2.72. The van der Waals surface area contributed by atoms with Gasteiger partial charge < -0.3 is 10.4 Å². The van der Waals surface area contributed by atoms with Gasteiger partial charge in [-0.3, -0.25) is 0 Å². The van der Waals surface area contributed by atoms with Crippen molar-refractivity contribution in [2.45, 2.75) is 31.9 Å². The van der Waals surface area contributed by atoms with Crippen molar-refractivity contribution in [2.75, 3.05) is 6.54 Å². The fourth-order valence-corrected chi connectivity index (χ4v) is 3.10. The highest BCUT2D eigenvalue weighted by atomic mass is 32.1. The number of aliphatic hydroxyl groups excluding tert-OH is 1. The maximum Gasteiger partial charge on any atom is 0.111 e. The second-order valence-corrected chi connectivity index (χ2v) is 6.12. The van der Waals surface area contributed by atoms with Crippen molar-refractivity contribution in [3.8, 4) is 0 Å². The summed E-state index contributed by atoms with van der Waals surface area (Å²) in [4.78, 5) is 4.63. The van der Waals surface area contributed by atoms with Crippen LogP contribution in [0.25, 0.3) is 10.2 Å². The average molecular weight is 262 g/mol. The zero-order valence-electron chi connectivity index (χ0n) is 10.5. The highest BCUT2D eigenvalue weighted by molar-refractivity contribution is 7.18. The molecule has 3 nitrogen and oxygen atoms in total. The van der Waals surface area contributed by atoms with Gasteiger partial charge >= 0.3 is 0 Å². The molecule has 0 amide bonds. The van der Waals surface area contributed by atoms with Gasteiger partial charge in [0.25, 0.3) is 0 Å². The standard InChI is InChI=1S/C14H18N2OS/c1-9(15-8-12(17)10-6-7-10)14-16-11-4-2-3-5-13(11)18-14/h2-5,9-10,12,15,17H,6-8H2,1H3. The van der Waals surface area contributed by atoms with Crippen molar-refractivity contribution in [3.05, 3.63) is 29.3 Å². The molecule has 96 valence electrons. The van der Waals surface area contributed by atoms with Crippen molar-refractivity contribution < 1.29 is 5.11 Å². The fraction of sp³-hybridized carbons (Fsp3) is 0.500. The Labute approximate surface area is 111 Å². The van der Waals surface area contributed by atoms with E-state index in [-0.39, 0.29) is 12.1 Å². The van der Waals surface area contributed by atoms with E-state index in [2.05, 4.69) is 23.3 Å². The van der Waals surface area contributed by atoms with Gasteiger partial charge in [0, 0.05) is 6.54 Å². The van der Waals surface area contributed by atoms with Gasteiger partial charge in [-0.05, 0) is 37.8 Å². The summed E-state index contributed by atoms with van der Waals surface area (Å²) in [6.45, 7) is 2.78. The summed E-state index contributed by atoms with van der Waals surface area (Å²) >= 11 is 1.73. The number of nitrogens with one attached hydrogen (secondary N) is 1. The molecule has 0 radical (unpaired) electrons. The topological polar surface area (TPSA) is 45.1 Å². The monoisotopic (exact) mass is 262 g/mol. The van der Waals surface area contributed by atoms with E-state index >= 15 is 0 Å². The molecule has 2 aromatic rings. The maximum absolute atomic E-state index is 9.85. The number of aromatic nitrogens is 1. The fourth-order valence-electron chi connectivity index (χ4n) is 2.11. The number of benzene rings is 1. The minimum absolute atomic E-state index is 0.193. The Kier molecular flexibility index (Phi) is 3.33. The molecule has 0 spiro atoms. The van der Waals surface area contributed by atoms with Crippen LogP contribution in [-0.2, 0) is 0 Å². The third kappa shape index (κ3) is 2.55. The summed E-state index contributed by atoms with van der Waals surface area (Å²) in [5, 5.41) is 14.3. The molecule has 4 heteroatoms. The normalized spacial score (nSPS) is 19.0. The zero-order valence-corrected chi connectivity index (χ0v) is 11.3. The van der Waals surface area contributed by atoms with Crippen LogP contribution >= 0.6 is 11.3 Å². The first-order valence-electron chi connectivity index (χ1n) is 6.51. The summed E-state index contributed by atoms with van der Waals surface area (Å²) in [6.07, 6.45) is 2.17. The smallest absolute Gasteiger partial charge is 0.111 e. The SMILES string of the molecule is CC(NCC(O)C1CC1)c1nc2ccccc2s1. The van der Waals surface area contributed by atoms with Gasteiger partial charge in [0.05, 0.1) is 22.4 Å². The average Bonchev–Trinajstić information content (AvgIpc) is 3.14. The second kappa shape index (κ2) is 4.96. The number of rotatable bonds is 5. The Balaban J connectivity index is 1.65. The number of aliphatic hydroxyl groups is 1. The number of hydrogen-bond acceptors (Lipinski definition) is 4. The molecule has 1 aromatic heterocycles. The van der Waals surface area contributed by atoms with Crippen LogP contribution in [0.15, 0.2) is 24.3 Å². The molecule has 2 unspecified atom stereocenters. The molecule has 0 saturated heterocycles. The van der Waals surface area contributed by atoms with E-state index in [4.69, 9.17) is 0 Å². The number of para-hydroxylation sites is 1. The quantitative estimate of drug-likeness (QED) is 0.871. The lowest BCUT2D eigenvalue weighted by molar-refractivity contribution is 0.145. The van der Waals surface area contributed by atoms with Crippen molar-refractivity contribution in [3.63, 3.8) is 0 Å². The highest BCUT2D eigenvalue weighted by Gasteiger charge is 2.29. The molecule has 2 N–H and O–H groups in total. The number of nitrogens with zero attached hydrogens (tertiary/aromatic N) is 1. The number of hydrogen-bond donors (Lipinski definition) is 2. The Morgan fingerprint density at radius 2 is 2.22 bits per heavy atom. The molecular formula is C14H18N2OS. The minimum Gasteiger partial charge on any atom is -0.392 e. The summed E-state index contributed by atoms with van der Waals surface area (Å²) in [6, 6.07) is 8.40. The minimum atomic E-state index is -0.193. The van der Waals surface area contributed by atoms with Crippen LogP contribution in [0.4, 0.5) is 0 Å². The highest BCUT2D eigenvalue weighted by Crippen LogP contribution is 2.32. The third-order valence-corrected chi connectivity index (χ3v) is 4.70. The van der Waals surface area contributed by atoms with Crippen LogP contribution in [0.1, 0.15) is 30.8 Å². The first-order valence-corrected chi connectivity index (χ1v) is 7.32. The zero-order chi connectivity index (χ0) is 12.5. The molecule has 3 rings (SSSR count). The van der Waals surface area contributed by atoms with E-state index in [1.54, 1.807) is 11.3 Å². The molecule has 0 bridgehead atoms. The summed E-state index contributed by atoms with van der Waals surface area (Å²) in [7, 11) is 0. The molecule has 1 fully saturated rings. The van der Waals surface area contributed by atoms with Gasteiger partial charge in [-0.25, -0.2) is 4.98 Å². The van der Waals surface area contributed by atoms with Gasteiger partial charge in [-0.1, -0.05) is 12.1 Å². The van der Waals surface area contributed by atoms with Crippen molar-refractivity contribution >= 4 is 21.6 Å². The van der Waals surface area contributed by atoms with Gasteiger partial charge in [-0.2, -0.15) is 0 Å². The predicted molar refractivity (Wildman–Crippen MR) is 74.8 cm³/mol. The van der Waals surface area contributed by atoms with E-state index < -0.39 is 0 Å². The molecule has 1 saturated carbocycles. The molecule has 18 heavy (non-hydrogen) atoms. The molecule has 1 aliphatic carbocycles. The lowest BCUT2D eigenvalue weighted by Gasteiger charge is -2.14. The van der Waals surface area contributed by atoms with E-state index in [9.17, 15) is 5.11 Å². The lowest BCUT2D eigenvalue weighted by atomic mass is 10.2.